The highest BCUT2D eigenvalue weighted by Gasteiger charge is 2.31. The molecule has 0 saturated heterocycles. The third-order valence-corrected chi connectivity index (χ3v) is 6.50. The van der Waals surface area contributed by atoms with Crippen molar-refractivity contribution in [2.24, 2.45) is 0 Å². The van der Waals surface area contributed by atoms with Gasteiger partial charge in [0.15, 0.2) is 0 Å². The lowest BCUT2D eigenvalue weighted by Gasteiger charge is -2.31. The van der Waals surface area contributed by atoms with Gasteiger partial charge in [0.1, 0.15) is 11.9 Å². The maximum absolute atomic E-state index is 13.4. The Hall–Kier alpha value is -3.74. The molecule has 0 saturated carbocycles. The molecule has 0 unspecified atom stereocenters. The van der Waals surface area contributed by atoms with E-state index in [9.17, 15) is 18.8 Å². The number of rotatable bonds is 10. The number of nitrogens with one attached hydrogen (secondary N) is 1. The molecule has 0 aromatic heterocycles. The smallest absolute Gasteiger partial charge is 0.258 e. The van der Waals surface area contributed by atoms with Crippen LogP contribution in [-0.4, -0.2) is 41.2 Å². The highest BCUT2D eigenvalue weighted by atomic mass is 19.1. The van der Waals surface area contributed by atoms with E-state index in [0.717, 1.165) is 22.0 Å². The van der Waals surface area contributed by atoms with Crippen LogP contribution in [0.5, 0.6) is 0 Å². The van der Waals surface area contributed by atoms with E-state index in [1.54, 1.807) is 21.9 Å². The van der Waals surface area contributed by atoms with E-state index in [0.29, 0.717) is 24.9 Å². The molecule has 6 nitrogen and oxygen atoms in total. The Bertz CT molecular complexity index is 1270. The number of carbonyl (C=O) groups is 3. The summed E-state index contributed by atoms with van der Waals surface area (Å²) >= 11 is 0. The minimum atomic E-state index is -0.642. The summed E-state index contributed by atoms with van der Waals surface area (Å²) in [6, 6.07) is 16.8. The average Bonchev–Trinajstić information content (AvgIpc) is 3.12. The van der Waals surface area contributed by atoms with E-state index in [4.69, 9.17) is 0 Å². The lowest BCUT2D eigenvalue weighted by atomic mass is 10.1. The largest absolute Gasteiger partial charge is 0.352 e. The summed E-state index contributed by atoms with van der Waals surface area (Å²) in [6.45, 7) is 6.23. The second kappa shape index (κ2) is 10.9. The third kappa shape index (κ3) is 5.25. The molecule has 1 aliphatic rings. The van der Waals surface area contributed by atoms with Crippen molar-refractivity contribution >= 4 is 34.2 Å². The van der Waals surface area contributed by atoms with Crippen molar-refractivity contribution < 1.29 is 18.8 Å². The van der Waals surface area contributed by atoms with Crippen LogP contribution in [-0.2, 0) is 16.1 Å². The number of anilines is 1. The fourth-order valence-corrected chi connectivity index (χ4v) is 4.82. The van der Waals surface area contributed by atoms with Gasteiger partial charge in [-0.15, -0.1) is 0 Å². The quantitative estimate of drug-likeness (QED) is 0.433. The van der Waals surface area contributed by atoms with E-state index < -0.39 is 6.04 Å². The summed E-state index contributed by atoms with van der Waals surface area (Å²) in [6.07, 6.45) is 1.09. The summed E-state index contributed by atoms with van der Waals surface area (Å²) < 4.78 is 13.4. The van der Waals surface area contributed by atoms with Gasteiger partial charge in [-0.25, -0.2) is 4.39 Å². The van der Waals surface area contributed by atoms with Crippen LogP contribution in [0.15, 0.2) is 60.7 Å². The minimum Gasteiger partial charge on any atom is -0.352 e. The molecule has 4 rings (SSSR count). The molecule has 0 aliphatic carbocycles. The standard InChI is InChI=1S/C29H32FN3O3/c1-4-24(28(35)31-19(2)3)33(18-20-13-15-22(30)16-14-20)26(34)12-7-17-32-25-11-6-9-21-8-5-10-23(27(21)25)29(32)36/h5-6,8-11,13-16,19,24H,4,7,12,17-18H2,1-3H3,(H,31,35)/t24-/m0/s1. The zero-order valence-electron chi connectivity index (χ0n) is 21.0. The van der Waals surface area contributed by atoms with Gasteiger partial charge >= 0.3 is 0 Å². The molecular formula is C29H32FN3O3. The third-order valence-electron chi connectivity index (χ3n) is 6.50. The van der Waals surface area contributed by atoms with Crippen LogP contribution in [0.25, 0.3) is 10.8 Å². The lowest BCUT2D eigenvalue weighted by Crippen LogP contribution is -2.50. The fraction of sp³-hybridized carbons (Fsp3) is 0.345. The van der Waals surface area contributed by atoms with Crippen LogP contribution in [0.4, 0.5) is 10.1 Å². The van der Waals surface area contributed by atoms with E-state index in [-0.39, 0.29) is 42.5 Å². The number of halogens is 1. The second-order valence-corrected chi connectivity index (χ2v) is 9.48. The number of amides is 3. The van der Waals surface area contributed by atoms with E-state index in [1.807, 2.05) is 57.2 Å². The topological polar surface area (TPSA) is 69.7 Å². The molecule has 3 amide bonds. The SMILES string of the molecule is CC[C@@H](C(=O)NC(C)C)N(Cc1ccc(F)cc1)C(=O)CCCN1C(=O)c2cccc3cccc1c23. The maximum atomic E-state index is 13.4. The summed E-state index contributed by atoms with van der Waals surface area (Å²) in [7, 11) is 0. The van der Waals surface area contributed by atoms with Crippen LogP contribution in [0.3, 0.4) is 0 Å². The first kappa shape index (κ1) is 25.4. The van der Waals surface area contributed by atoms with E-state index >= 15 is 0 Å². The number of nitrogens with zero attached hydrogens (tertiary/aromatic N) is 2. The van der Waals surface area contributed by atoms with Gasteiger partial charge in [-0.05, 0) is 61.9 Å². The monoisotopic (exact) mass is 489 g/mol. The Morgan fingerprint density at radius 3 is 2.39 bits per heavy atom. The Morgan fingerprint density at radius 1 is 1.03 bits per heavy atom. The van der Waals surface area contributed by atoms with Crippen molar-refractivity contribution in [1.82, 2.24) is 10.2 Å². The maximum Gasteiger partial charge on any atom is 0.258 e. The van der Waals surface area contributed by atoms with Gasteiger partial charge in [0.2, 0.25) is 11.8 Å². The van der Waals surface area contributed by atoms with Crippen LogP contribution in [0.2, 0.25) is 0 Å². The molecule has 1 heterocycles. The Kier molecular flexibility index (Phi) is 7.67. The summed E-state index contributed by atoms with van der Waals surface area (Å²) in [4.78, 5) is 42.7. The lowest BCUT2D eigenvalue weighted by molar-refractivity contribution is -0.141. The van der Waals surface area contributed by atoms with E-state index in [1.165, 1.54) is 12.1 Å². The van der Waals surface area contributed by atoms with Gasteiger partial charge in [0.05, 0.1) is 5.69 Å². The molecule has 3 aromatic rings. The summed E-state index contributed by atoms with van der Waals surface area (Å²) in [5, 5.41) is 4.87. The first-order valence-electron chi connectivity index (χ1n) is 12.5. The molecule has 0 bridgehead atoms. The number of hydrogen-bond donors (Lipinski definition) is 1. The van der Waals surface area contributed by atoms with Crippen LogP contribution in [0.1, 0.15) is 56.0 Å². The van der Waals surface area contributed by atoms with Crippen LogP contribution in [0, 0.1) is 5.82 Å². The van der Waals surface area contributed by atoms with Crippen molar-refractivity contribution in [2.75, 3.05) is 11.4 Å². The number of benzene rings is 3. The normalized spacial score (nSPS) is 13.4. The molecule has 0 radical (unpaired) electrons. The summed E-state index contributed by atoms with van der Waals surface area (Å²) in [5.74, 6) is -0.792. The van der Waals surface area contributed by atoms with Crippen LogP contribution < -0.4 is 10.2 Å². The number of hydrogen-bond acceptors (Lipinski definition) is 3. The van der Waals surface area contributed by atoms with Crippen LogP contribution >= 0.6 is 0 Å². The van der Waals surface area contributed by atoms with Gasteiger partial charge in [-0.1, -0.05) is 43.3 Å². The molecule has 1 atom stereocenters. The molecule has 36 heavy (non-hydrogen) atoms. The van der Waals surface area contributed by atoms with Gasteiger partial charge < -0.3 is 15.1 Å². The molecule has 188 valence electrons. The van der Waals surface area contributed by atoms with Crippen molar-refractivity contribution in [3.63, 3.8) is 0 Å². The average molecular weight is 490 g/mol. The minimum absolute atomic E-state index is 0.0554. The Morgan fingerprint density at radius 2 is 1.72 bits per heavy atom. The molecule has 0 fully saturated rings. The Labute approximate surface area is 211 Å². The molecule has 1 aliphatic heterocycles. The number of carbonyl (C=O) groups excluding carboxylic acids is 3. The fourth-order valence-electron chi connectivity index (χ4n) is 4.82. The van der Waals surface area contributed by atoms with Crippen molar-refractivity contribution in [1.29, 1.82) is 0 Å². The predicted molar refractivity (Wildman–Crippen MR) is 139 cm³/mol. The highest BCUT2D eigenvalue weighted by molar-refractivity contribution is 6.25. The molecule has 3 aromatic carbocycles. The Balaban J connectivity index is 1.48. The van der Waals surface area contributed by atoms with Gasteiger partial charge in [0.25, 0.3) is 5.91 Å². The highest BCUT2D eigenvalue weighted by Crippen LogP contribution is 2.37. The molecule has 7 heteroatoms. The molecule has 1 N–H and O–H groups in total. The summed E-state index contributed by atoms with van der Waals surface area (Å²) in [5.41, 5.74) is 2.30. The van der Waals surface area contributed by atoms with Crippen molar-refractivity contribution in [3.8, 4) is 0 Å². The van der Waals surface area contributed by atoms with Gasteiger partial charge in [0, 0.05) is 36.5 Å². The van der Waals surface area contributed by atoms with Crippen molar-refractivity contribution in [2.45, 2.75) is 58.7 Å². The zero-order chi connectivity index (χ0) is 25.8. The first-order chi connectivity index (χ1) is 17.3. The predicted octanol–water partition coefficient (Wildman–Crippen LogP) is 5.05. The van der Waals surface area contributed by atoms with Crippen molar-refractivity contribution in [3.05, 3.63) is 77.6 Å². The second-order valence-electron chi connectivity index (χ2n) is 9.48. The van der Waals surface area contributed by atoms with Gasteiger partial charge in [-0.3, -0.25) is 14.4 Å². The molecular weight excluding hydrogens is 457 g/mol. The van der Waals surface area contributed by atoms with Gasteiger partial charge in [-0.2, -0.15) is 0 Å². The first-order valence-corrected chi connectivity index (χ1v) is 12.5. The molecule has 0 spiro atoms. The van der Waals surface area contributed by atoms with E-state index in [2.05, 4.69) is 5.32 Å². The zero-order valence-corrected chi connectivity index (χ0v) is 21.0.